The molecular weight excluding hydrogens is 428 g/mol. The van der Waals surface area contributed by atoms with Crippen LogP contribution < -0.4 is 10.6 Å². The number of carbonyl (C=O) groups is 1. The summed E-state index contributed by atoms with van der Waals surface area (Å²) in [6.07, 6.45) is 5.54. The molecule has 8 nitrogen and oxygen atoms in total. The first-order valence-corrected chi connectivity index (χ1v) is 13.3. The highest BCUT2D eigenvalue weighted by Gasteiger charge is 2.42. The Morgan fingerprint density at radius 2 is 1.94 bits per heavy atom. The van der Waals surface area contributed by atoms with Gasteiger partial charge in [-0.3, -0.25) is 4.79 Å². The summed E-state index contributed by atoms with van der Waals surface area (Å²) < 4.78 is 31.6. The average Bonchev–Trinajstić information content (AvgIpc) is 3.10. The maximum absolute atomic E-state index is 13.2. The van der Waals surface area contributed by atoms with Gasteiger partial charge in [0.25, 0.3) is 5.91 Å². The molecule has 0 saturated carbocycles. The molecule has 32 heavy (non-hydrogen) atoms. The number of sulfone groups is 1. The Balaban J connectivity index is 1.41. The van der Waals surface area contributed by atoms with Crippen molar-refractivity contribution in [2.24, 2.45) is 0 Å². The number of rotatable bonds is 3. The van der Waals surface area contributed by atoms with Crippen molar-refractivity contribution in [3.05, 3.63) is 29.7 Å². The fourth-order valence-corrected chi connectivity index (χ4v) is 8.09. The summed E-state index contributed by atoms with van der Waals surface area (Å²) in [5, 5.41) is 5.63. The van der Waals surface area contributed by atoms with E-state index in [9.17, 15) is 13.2 Å². The van der Waals surface area contributed by atoms with E-state index >= 15 is 0 Å². The number of benzene rings is 1. The van der Waals surface area contributed by atoms with Gasteiger partial charge in [-0.25, -0.2) is 13.4 Å². The highest BCUT2D eigenvalue weighted by Crippen LogP contribution is 2.34. The van der Waals surface area contributed by atoms with Crippen LogP contribution in [0, 0.1) is 0 Å². The van der Waals surface area contributed by atoms with Crippen molar-refractivity contribution in [3.8, 4) is 0 Å². The van der Waals surface area contributed by atoms with Gasteiger partial charge in [0, 0.05) is 30.2 Å². The zero-order chi connectivity index (χ0) is 22.6. The van der Waals surface area contributed by atoms with Crippen LogP contribution in [0.4, 0.5) is 0 Å². The summed E-state index contributed by atoms with van der Waals surface area (Å²) in [5.41, 5.74) is 1.30. The second-order valence-corrected chi connectivity index (χ2v) is 12.0. The quantitative estimate of drug-likeness (QED) is 0.725. The summed E-state index contributed by atoms with van der Waals surface area (Å²) >= 11 is 0. The fraction of sp³-hybridized carbons (Fsp3) is 0.652. The van der Waals surface area contributed by atoms with Gasteiger partial charge in [0.1, 0.15) is 5.52 Å². The third kappa shape index (κ3) is 3.84. The van der Waals surface area contributed by atoms with E-state index in [0.29, 0.717) is 28.7 Å². The van der Waals surface area contributed by atoms with E-state index in [2.05, 4.69) is 27.6 Å². The number of nitrogens with zero attached hydrogens (tertiary/aromatic N) is 2. The molecule has 3 aliphatic heterocycles. The molecule has 3 fully saturated rings. The second-order valence-electron chi connectivity index (χ2n) is 9.86. The van der Waals surface area contributed by atoms with E-state index in [1.165, 1.54) is 19.3 Å². The number of fused-ring (bicyclic) bond motifs is 3. The van der Waals surface area contributed by atoms with Crippen LogP contribution in [0.25, 0.3) is 11.1 Å². The zero-order valence-electron chi connectivity index (χ0n) is 18.9. The SMILES string of the molecule is C[C@@H]1CS(=O)(=O)C(c2nc3c(C(=O)NC4CC5CCCC(C4)N5C)cccc3o2)[C@@H](C)N1. The summed E-state index contributed by atoms with van der Waals surface area (Å²) in [6, 6.07) is 5.97. The summed E-state index contributed by atoms with van der Waals surface area (Å²) in [4.78, 5) is 20.2. The van der Waals surface area contributed by atoms with Crippen LogP contribution in [0.2, 0.25) is 0 Å². The third-order valence-electron chi connectivity index (χ3n) is 7.47. The molecule has 5 atom stereocenters. The predicted molar refractivity (Wildman–Crippen MR) is 122 cm³/mol. The molecule has 2 aromatic rings. The Bertz CT molecular complexity index is 1120. The van der Waals surface area contributed by atoms with Gasteiger partial charge >= 0.3 is 0 Å². The Morgan fingerprint density at radius 3 is 2.62 bits per heavy atom. The second kappa shape index (κ2) is 8.11. The molecule has 3 aliphatic rings. The fourth-order valence-electron chi connectivity index (χ4n) is 5.98. The van der Waals surface area contributed by atoms with E-state index in [4.69, 9.17) is 4.42 Å². The maximum atomic E-state index is 13.2. The normalized spacial score (nSPS) is 35.0. The number of nitrogens with one attached hydrogen (secondary N) is 2. The highest BCUT2D eigenvalue weighted by atomic mass is 32.2. The molecule has 9 heteroatoms. The summed E-state index contributed by atoms with van der Waals surface area (Å²) in [6.45, 7) is 3.69. The Morgan fingerprint density at radius 1 is 1.22 bits per heavy atom. The molecule has 174 valence electrons. The van der Waals surface area contributed by atoms with Gasteiger partial charge in [-0.1, -0.05) is 12.5 Å². The first-order valence-electron chi connectivity index (χ1n) is 11.6. The largest absolute Gasteiger partial charge is 0.439 e. The zero-order valence-corrected chi connectivity index (χ0v) is 19.7. The number of para-hydroxylation sites is 1. The standard InChI is InChI=1S/C23H32N4O4S/c1-13-12-32(29,30)21(14(2)24-13)23-26-20-18(8-5-9-19(20)31-23)22(28)25-15-10-16-6-4-7-17(11-15)27(16)3/h5,8-9,13-17,21,24H,4,6-7,10-12H2,1-3H3,(H,25,28)/t13-,14-,15?,16?,17?,21?/m1/s1. The summed E-state index contributed by atoms with van der Waals surface area (Å²) in [5.74, 6) is 0.0161. The molecule has 3 unspecified atom stereocenters. The molecule has 0 spiro atoms. The van der Waals surface area contributed by atoms with Crippen LogP contribution in [0.15, 0.2) is 22.6 Å². The van der Waals surface area contributed by atoms with E-state index in [1.807, 2.05) is 13.8 Å². The number of oxazole rings is 1. The Kier molecular flexibility index (Phi) is 5.54. The van der Waals surface area contributed by atoms with Crippen LogP contribution in [0.1, 0.15) is 67.5 Å². The lowest BCUT2D eigenvalue weighted by atomic mass is 9.82. The van der Waals surface area contributed by atoms with Gasteiger partial charge in [0.2, 0.25) is 5.89 Å². The summed E-state index contributed by atoms with van der Waals surface area (Å²) in [7, 11) is -1.22. The van der Waals surface area contributed by atoms with Crippen LogP contribution in [-0.4, -0.2) is 67.2 Å². The predicted octanol–water partition coefficient (Wildman–Crippen LogP) is 2.41. The van der Waals surface area contributed by atoms with Gasteiger partial charge in [0.15, 0.2) is 20.7 Å². The highest BCUT2D eigenvalue weighted by molar-refractivity contribution is 7.91. The molecular formula is C23H32N4O4S. The lowest BCUT2D eigenvalue weighted by Gasteiger charge is -2.47. The number of carbonyl (C=O) groups excluding carboxylic acids is 1. The third-order valence-corrected chi connectivity index (χ3v) is 9.82. The molecule has 0 radical (unpaired) electrons. The molecule has 1 amide bonds. The van der Waals surface area contributed by atoms with Crippen molar-refractivity contribution >= 4 is 26.8 Å². The van der Waals surface area contributed by atoms with E-state index in [-0.39, 0.29) is 35.7 Å². The number of hydrogen-bond acceptors (Lipinski definition) is 7. The first-order chi connectivity index (χ1) is 15.2. The monoisotopic (exact) mass is 460 g/mol. The van der Waals surface area contributed by atoms with Gasteiger partial charge < -0.3 is 20.0 Å². The van der Waals surface area contributed by atoms with E-state index < -0.39 is 15.1 Å². The van der Waals surface area contributed by atoms with Gasteiger partial charge in [-0.15, -0.1) is 0 Å². The lowest BCUT2D eigenvalue weighted by Crippen LogP contribution is -2.55. The number of aromatic nitrogens is 1. The molecule has 1 aromatic carbocycles. The van der Waals surface area contributed by atoms with E-state index in [1.54, 1.807) is 18.2 Å². The molecule has 3 saturated heterocycles. The van der Waals surface area contributed by atoms with Crippen molar-refractivity contribution in [2.45, 2.75) is 81.4 Å². The minimum Gasteiger partial charge on any atom is -0.439 e. The first kappa shape index (κ1) is 21.9. The molecule has 2 N–H and O–H groups in total. The smallest absolute Gasteiger partial charge is 0.253 e. The topological polar surface area (TPSA) is 105 Å². The van der Waals surface area contributed by atoms with E-state index in [0.717, 1.165) is 12.8 Å². The molecule has 1 aromatic heterocycles. The molecule has 2 bridgehead atoms. The van der Waals surface area contributed by atoms with Crippen LogP contribution in [-0.2, 0) is 9.84 Å². The van der Waals surface area contributed by atoms with Crippen molar-refractivity contribution in [1.82, 2.24) is 20.5 Å². The number of hydrogen-bond donors (Lipinski definition) is 2. The Labute approximate surface area is 189 Å². The van der Waals surface area contributed by atoms with Crippen LogP contribution in [0.3, 0.4) is 0 Å². The Hall–Kier alpha value is -1.97. The minimum absolute atomic E-state index is 0.0343. The molecule has 0 aliphatic carbocycles. The number of amides is 1. The maximum Gasteiger partial charge on any atom is 0.253 e. The van der Waals surface area contributed by atoms with Crippen LogP contribution in [0.5, 0.6) is 0 Å². The molecule has 5 rings (SSSR count). The van der Waals surface area contributed by atoms with Crippen LogP contribution >= 0.6 is 0 Å². The van der Waals surface area contributed by atoms with Gasteiger partial charge in [-0.2, -0.15) is 0 Å². The lowest BCUT2D eigenvalue weighted by molar-refractivity contribution is 0.0463. The van der Waals surface area contributed by atoms with Gasteiger partial charge in [-0.05, 0) is 58.7 Å². The number of piperidine rings is 2. The van der Waals surface area contributed by atoms with Gasteiger partial charge in [0.05, 0.1) is 11.3 Å². The average molecular weight is 461 g/mol. The van der Waals surface area contributed by atoms with Crippen molar-refractivity contribution in [1.29, 1.82) is 0 Å². The van der Waals surface area contributed by atoms with Crippen molar-refractivity contribution < 1.29 is 17.6 Å². The van der Waals surface area contributed by atoms with Crippen molar-refractivity contribution in [2.75, 3.05) is 12.8 Å². The van der Waals surface area contributed by atoms with Crippen molar-refractivity contribution in [3.63, 3.8) is 0 Å². The minimum atomic E-state index is -3.42. The molecule has 4 heterocycles.